The van der Waals surface area contributed by atoms with Crippen LogP contribution in [0.3, 0.4) is 0 Å². The molecule has 0 radical (unpaired) electrons. The molecule has 31 heavy (non-hydrogen) atoms. The van der Waals surface area contributed by atoms with Crippen molar-refractivity contribution in [1.29, 1.82) is 0 Å². The highest BCUT2D eigenvalue weighted by Crippen LogP contribution is 2.29. The predicted octanol–water partition coefficient (Wildman–Crippen LogP) is 5.81. The average molecular weight is 435 g/mol. The van der Waals surface area contributed by atoms with E-state index in [9.17, 15) is 0 Å². The highest BCUT2D eigenvalue weighted by molar-refractivity contribution is 7.98. The lowest BCUT2D eigenvalue weighted by molar-refractivity contribution is 0.141. The molecule has 6 heteroatoms. The largest absolute Gasteiger partial charge is 0.396 e. The highest BCUT2D eigenvalue weighted by atomic mass is 32.2. The van der Waals surface area contributed by atoms with Gasteiger partial charge in [0.2, 0.25) is 0 Å². The van der Waals surface area contributed by atoms with Crippen molar-refractivity contribution in [3.63, 3.8) is 0 Å². The summed E-state index contributed by atoms with van der Waals surface area (Å²) in [5.41, 5.74) is 7.83. The van der Waals surface area contributed by atoms with Crippen molar-refractivity contribution in [2.24, 2.45) is 5.16 Å². The molecule has 0 aliphatic carbocycles. The van der Waals surface area contributed by atoms with Crippen LogP contribution < -0.4 is 0 Å². The molecule has 162 valence electrons. The number of nitrogens with zero attached hydrogens (tertiary/aromatic N) is 4. The minimum absolute atomic E-state index is 0.536. The molecule has 3 heterocycles. The number of hydrogen-bond acceptors (Lipinski definition) is 6. The summed E-state index contributed by atoms with van der Waals surface area (Å²) in [6, 6.07) is 14.2. The molecule has 0 unspecified atom stereocenters. The summed E-state index contributed by atoms with van der Waals surface area (Å²) in [7, 11) is 0. The third-order valence-corrected chi connectivity index (χ3v) is 5.90. The Hall–Kier alpha value is -2.73. The quantitative estimate of drug-likeness (QED) is 0.184. The molecule has 0 amide bonds. The molecule has 0 saturated carbocycles. The van der Waals surface area contributed by atoms with Gasteiger partial charge in [-0.15, -0.1) is 11.8 Å². The lowest BCUT2D eigenvalue weighted by Crippen LogP contribution is -2.02. The van der Waals surface area contributed by atoms with Gasteiger partial charge in [0, 0.05) is 22.0 Å². The maximum atomic E-state index is 5.51. The molecule has 3 aromatic heterocycles. The Labute approximate surface area is 189 Å². The summed E-state index contributed by atoms with van der Waals surface area (Å²) >= 11 is 1.76. The Balaban J connectivity index is 1.62. The summed E-state index contributed by atoms with van der Waals surface area (Å²) in [5.74, 6) is 0. The van der Waals surface area contributed by atoms with Crippen molar-refractivity contribution in [3.8, 4) is 11.4 Å². The van der Waals surface area contributed by atoms with Crippen molar-refractivity contribution in [2.75, 3.05) is 12.9 Å². The molecule has 0 N–H and O–H groups in total. The van der Waals surface area contributed by atoms with Crippen LogP contribution in [0.4, 0.5) is 0 Å². The van der Waals surface area contributed by atoms with Gasteiger partial charge in [0.25, 0.3) is 0 Å². The first-order chi connectivity index (χ1) is 15.0. The first-order valence-electron chi connectivity index (χ1n) is 10.6. The molecule has 0 aliphatic heterocycles. The standard InChI is InChI=1S/C25H30N4OS/c1-6-20-16-24(31-5)18(3)25(28-20)23-14-8-11-21(27-23)12-9-15-30-29-19(4)22-13-7-10-17(2)26-22/h7-8,10-11,13-14,16H,6,9,12,15H2,1-5H3/b29-19+. The number of rotatable bonds is 9. The van der Waals surface area contributed by atoms with Crippen LogP contribution in [0.2, 0.25) is 0 Å². The zero-order valence-corrected chi connectivity index (χ0v) is 19.8. The normalized spacial score (nSPS) is 11.6. The van der Waals surface area contributed by atoms with Gasteiger partial charge in [0.15, 0.2) is 0 Å². The highest BCUT2D eigenvalue weighted by Gasteiger charge is 2.12. The molecule has 3 rings (SSSR count). The van der Waals surface area contributed by atoms with E-state index in [1.807, 2.05) is 38.1 Å². The summed E-state index contributed by atoms with van der Waals surface area (Å²) in [4.78, 5) is 21.0. The summed E-state index contributed by atoms with van der Waals surface area (Å²) in [6.07, 6.45) is 4.68. The van der Waals surface area contributed by atoms with E-state index in [1.54, 1.807) is 11.8 Å². The molecule has 3 aromatic rings. The Kier molecular flexibility index (Phi) is 8.18. The molecule has 0 aliphatic rings. The van der Waals surface area contributed by atoms with Crippen molar-refractivity contribution >= 4 is 17.5 Å². The number of oxime groups is 1. The van der Waals surface area contributed by atoms with Gasteiger partial charge in [-0.2, -0.15) is 0 Å². The van der Waals surface area contributed by atoms with Crippen LogP contribution in [0.25, 0.3) is 11.4 Å². The average Bonchev–Trinajstić information content (AvgIpc) is 2.79. The van der Waals surface area contributed by atoms with Gasteiger partial charge in [0.05, 0.1) is 17.1 Å². The van der Waals surface area contributed by atoms with Crippen LogP contribution in [-0.4, -0.2) is 33.5 Å². The Morgan fingerprint density at radius 3 is 2.58 bits per heavy atom. The van der Waals surface area contributed by atoms with Gasteiger partial charge >= 0.3 is 0 Å². The molecular weight excluding hydrogens is 404 g/mol. The van der Waals surface area contributed by atoms with Crippen molar-refractivity contribution in [3.05, 3.63) is 70.8 Å². The van der Waals surface area contributed by atoms with Crippen molar-refractivity contribution in [1.82, 2.24) is 15.0 Å². The van der Waals surface area contributed by atoms with Crippen LogP contribution >= 0.6 is 11.8 Å². The number of hydrogen-bond donors (Lipinski definition) is 0. The zero-order chi connectivity index (χ0) is 22.2. The fourth-order valence-electron chi connectivity index (χ4n) is 3.28. The number of pyridine rings is 3. The van der Waals surface area contributed by atoms with Crippen LogP contribution in [0.1, 0.15) is 48.6 Å². The SMILES string of the molecule is CCc1cc(SC)c(C)c(-c2cccc(CCCO/N=C(\C)c3cccc(C)n3)n2)n1. The predicted molar refractivity (Wildman–Crippen MR) is 129 cm³/mol. The van der Waals surface area contributed by atoms with E-state index in [1.165, 1.54) is 10.5 Å². The molecule has 0 fully saturated rings. The zero-order valence-electron chi connectivity index (χ0n) is 19.0. The second-order valence-electron chi connectivity index (χ2n) is 7.43. The van der Waals surface area contributed by atoms with E-state index >= 15 is 0 Å². The molecule has 0 bridgehead atoms. The van der Waals surface area contributed by atoms with Crippen molar-refractivity contribution in [2.45, 2.75) is 51.9 Å². The number of aromatic nitrogens is 3. The number of thioether (sulfide) groups is 1. The minimum atomic E-state index is 0.536. The van der Waals surface area contributed by atoms with E-state index in [4.69, 9.17) is 14.8 Å². The van der Waals surface area contributed by atoms with Gasteiger partial charge < -0.3 is 4.84 Å². The third kappa shape index (κ3) is 6.14. The van der Waals surface area contributed by atoms with E-state index in [2.05, 4.69) is 48.4 Å². The lowest BCUT2D eigenvalue weighted by atomic mass is 10.1. The molecule has 0 spiro atoms. The van der Waals surface area contributed by atoms with Gasteiger partial charge in [-0.1, -0.05) is 24.2 Å². The van der Waals surface area contributed by atoms with E-state index in [0.29, 0.717) is 6.61 Å². The van der Waals surface area contributed by atoms with Gasteiger partial charge in [-0.05, 0) is 82.2 Å². The Morgan fingerprint density at radius 1 is 1.03 bits per heavy atom. The lowest BCUT2D eigenvalue weighted by Gasteiger charge is -2.12. The molecular formula is C25H30N4OS. The molecule has 5 nitrogen and oxygen atoms in total. The van der Waals surface area contributed by atoms with Gasteiger partial charge in [0.1, 0.15) is 12.3 Å². The fraction of sp³-hybridized carbons (Fsp3) is 0.360. The van der Waals surface area contributed by atoms with Gasteiger partial charge in [-0.3, -0.25) is 15.0 Å². The van der Waals surface area contributed by atoms with Crippen LogP contribution in [-0.2, 0) is 17.7 Å². The maximum absolute atomic E-state index is 5.51. The van der Waals surface area contributed by atoms with E-state index in [0.717, 1.165) is 59.1 Å². The van der Waals surface area contributed by atoms with Crippen LogP contribution in [0, 0.1) is 13.8 Å². The first kappa shape index (κ1) is 22.9. The maximum Gasteiger partial charge on any atom is 0.117 e. The first-order valence-corrected chi connectivity index (χ1v) is 11.9. The number of aryl methyl sites for hydroxylation is 3. The summed E-state index contributed by atoms with van der Waals surface area (Å²) in [5, 5.41) is 4.20. The fourth-order valence-corrected chi connectivity index (χ4v) is 3.94. The Morgan fingerprint density at radius 2 is 1.84 bits per heavy atom. The molecule has 0 saturated heterocycles. The topological polar surface area (TPSA) is 60.3 Å². The smallest absolute Gasteiger partial charge is 0.117 e. The summed E-state index contributed by atoms with van der Waals surface area (Å²) in [6.45, 7) is 8.67. The monoisotopic (exact) mass is 434 g/mol. The summed E-state index contributed by atoms with van der Waals surface area (Å²) < 4.78 is 0. The van der Waals surface area contributed by atoms with E-state index < -0.39 is 0 Å². The van der Waals surface area contributed by atoms with E-state index in [-0.39, 0.29) is 0 Å². The molecule has 0 atom stereocenters. The Bertz CT molecular complexity index is 1070. The van der Waals surface area contributed by atoms with Crippen molar-refractivity contribution < 1.29 is 4.84 Å². The minimum Gasteiger partial charge on any atom is -0.396 e. The third-order valence-electron chi connectivity index (χ3n) is 5.04. The van der Waals surface area contributed by atoms with Gasteiger partial charge in [-0.25, -0.2) is 0 Å². The second kappa shape index (κ2) is 11.0. The second-order valence-corrected chi connectivity index (χ2v) is 8.28. The van der Waals surface area contributed by atoms with Crippen LogP contribution in [0.5, 0.6) is 0 Å². The van der Waals surface area contributed by atoms with Crippen LogP contribution in [0.15, 0.2) is 52.5 Å². The molecule has 0 aromatic carbocycles.